The van der Waals surface area contributed by atoms with Crippen molar-refractivity contribution in [2.45, 2.75) is 6.92 Å². The van der Waals surface area contributed by atoms with Gasteiger partial charge in [0.25, 0.3) is 0 Å². The Bertz CT molecular complexity index is 2140. The van der Waals surface area contributed by atoms with E-state index >= 15 is 0 Å². The van der Waals surface area contributed by atoms with Crippen LogP contribution in [-0.4, -0.2) is 4.57 Å². The molecule has 7 aromatic carbocycles. The fourth-order valence-corrected chi connectivity index (χ4v) is 6.45. The van der Waals surface area contributed by atoms with E-state index in [4.69, 9.17) is 0 Å². The number of aromatic nitrogens is 1. The van der Waals surface area contributed by atoms with Gasteiger partial charge in [0.1, 0.15) is 0 Å². The van der Waals surface area contributed by atoms with Gasteiger partial charge in [0, 0.05) is 27.8 Å². The van der Waals surface area contributed by atoms with Crippen molar-refractivity contribution in [2.75, 3.05) is 4.90 Å². The molecular formula is C43H32N2. The smallest absolute Gasteiger partial charge is 0.0562 e. The van der Waals surface area contributed by atoms with Crippen molar-refractivity contribution in [2.24, 2.45) is 0 Å². The van der Waals surface area contributed by atoms with Gasteiger partial charge in [0.15, 0.2) is 0 Å². The summed E-state index contributed by atoms with van der Waals surface area (Å²) in [7, 11) is 0. The van der Waals surface area contributed by atoms with E-state index in [1.165, 1.54) is 49.6 Å². The van der Waals surface area contributed by atoms with Crippen LogP contribution in [0.15, 0.2) is 176 Å². The van der Waals surface area contributed by atoms with Crippen LogP contribution in [0.2, 0.25) is 0 Å². The van der Waals surface area contributed by atoms with Gasteiger partial charge >= 0.3 is 0 Å². The minimum Gasteiger partial charge on any atom is -0.310 e. The number of fused-ring (bicyclic) bond motifs is 3. The molecule has 0 aliphatic carbocycles. The SMILES string of the molecule is Cc1ccc(-n2c3ccccc3c3c(N(c4ccc(-c5ccccc5)cc4)c4ccc(-c5ccccc5)cc4)cccc32)cc1. The third-order valence-corrected chi connectivity index (χ3v) is 8.67. The first-order valence-electron chi connectivity index (χ1n) is 15.4. The summed E-state index contributed by atoms with van der Waals surface area (Å²) in [6, 6.07) is 63.3. The molecule has 1 aromatic heterocycles. The van der Waals surface area contributed by atoms with Gasteiger partial charge in [0.2, 0.25) is 0 Å². The summed E-state index contributed by atoms with van der Waals surface area (Å²) in [5, 5.41) is 2.46. The van der Waals surface area contributed by atoms with Gasteiger partial charge in [-0.25, -0.2) is 0 Å². The van der Waals surface area contributed by atoms with Crippen molar-refractivity contribution in [3.63, 3.8) is 0 Å². The third-order valence-electron chi connectivity index (χ3n) is 8.67. The molecule has 8 aromatic rings. The molecule has 0 radical (unpaired) electrons. The zero-order chi connectivity index (χ0) is 30.2. The molecular weight excluding hydrogens is 544 g/mol. The Morgan fingerprint density at radius 3 is 1.47 bits per heavy atom. The summed E-state index contributed by atoms with van der Waals surface area (Å²) in [6.45, 7) is 2.14. The van der Waals surface area contributed by atoms with Gasteiger partial charge in [-0.05, 0) is 83.8 Å². The quantitative estimate of drug-likeness (QED) is 0.191. The van der Waals surface area contributed by atoms with Crippen molar-refractivity contribution in [3.8, 4) is 27.9 Å². The van der Waals surface area contributed by atoms with E-state index in [9.17, 15) is 0 Å². The first-order valence-corrected chi connectivity index (χ1v) is 15.4. The second kappa shape index (κ2) is 11.3. The minimum absolute atomic E-state index is 1.11. The lowest BCUT2D eigenvalue weighted by atomic mass is 10.0. The van der Waals surface area contributed by atoms with Crippen LogP contribution < -0.4 is 4.90 Å². The first-order chi connectivity index (χ1) is 22.2. The van der Waals surface area contributed by atoms with Gasteiger partial charge in [0.05, 0.1) is 16.7 Å². The zero-order valence-corrected chi connectivity index (χ0v) is 25.1. The van der Waals surface area contributed by atoms with Crippen LogP contribution >= 0.6 is 0 Å². The molecule has 0 aliphatic rings. The molecule has 214 valence electrons. The number of rotatable bonds is 6. The van der Waals surface area contributed by atoms with Crippen molar-refractivity contribution < 1.29 is 0 Å². The Kier molecular flexibility index (Phi) is 6.73. The van der Waals surface area contributed by atoms with Crippen molar-refractivity contribution in [1.82, 2.24) is 4.57 Å². The highest BCUT2D eigenvalue weighted by molar-refractivity contribution is 6.16. The van der Waals surface area contributed by atoms with Crippen LogP contribution in [0, 0.1) is 6.92 Å². The Morgan fingerprint density at radius 2 is 0.889 bits per heavy atom. The standard InChI is InChI=1S/C43H32N2/c1-31-19-25-38(26-20-31)45-40-16-9-8-15-39(40)43-41(17-10-18-42(43)45)44(36-27-21-34(22-28-36)32-11-4-2-5-12-32)37-29-23-35(24-30-37)33-13-6-3-7-14-33/h2-30H,1H3. The van der Waals surface area contributed by atoms with E-state index in [2.05, 4.69) is 192 Å². The average molecular weight is 577 g/mol. The minimum atomic E-state index is 1.11. The number of nitrogens with zero attached hydrogens (tertiary/aromatic N) is 2. The molecule has 2 heteroatoms. The van der Waals surface area contributed by atoms with Gasteiger partial charge in [-0.1, -0.05) is 127 Å². The number of benzene rings is 7. The third kappa shape index (κ3) is 4.87. The highest BCUT2D eigenvalue weighted by atomic mass is 15.1. The first kappa shape index (κ1) is 26.7. The van der Waals surface area contributed by atoms with E-state index in [0.29, 0.717) is 0 Å². The molecule has 45 heavy (non-hydrogen) atoms. The van der Waals surface area contributed by atoms with Gasteiger partial charge < -0.3 is 9.47 Å². The van der Waals surface area contributed by atoms with E-state index < -0.39 is 0 Å². The number of aryl methyl sites for hydroxylation is 1. The summed E-state index contributed by atoms with van der Waals surface area (Å²) < 4.78 is 2.39. The largest absolute Gasteiger partial charge is 0.310 e. The predicted molar refractivity (Wildman–Crippen MR) is 191 cm³/mol. The maximum absolute atomic E-state index is 2.40. The van der Waals surface area contributed by atoms with Crippen LogP contribution in [0.5, 0.6) is 0 Å². The molecule has 0 bridgehead atoms. The molecule has 0 fully saturated rings. The number of anilines is 3. The van der Waals surface area contributed by atoms with Crippen molar-refractivity contribution in [3.05, 3.63) is 181 Å². The Hall–Kier alpha value is -5.86. The molecule has 2 nitrogen and oxygen atoms in total. The van der Waals surface area contributed by atoms with Crippen LogP contribution in [0.25, 0.3) is 49.7 Å². The molecule has 0 aliphatic heterocycles. The van der Waals surface area contributed by atoms with E-state index in [1.54, 1.807) is 0 Å². The molecule has 0 spiro atoms. The van der Waals surface area contributed by atoms with Gasteiger partial charge in [-0.3, -0.25) is 0 Å². The summed E-state index contributed by atoms with van der Waals surface area (Å²) >= 11 is 0. The highest BCUT2D eigenvalue weighted by Gasteiger charge is 2.21. The van der Waals surface area contributed by atoms with E-state index in [-0.39, 0.29) is 0 Å². The van der Waals surface area contributed by atoms with Crippen molar-refractivity contribution in [1.29, 1.82) is 0 Å². The van der Waals surface area contributed by atoms with E-state index in [1.807, 2.05) is 0 Å². The molecule has 0 saturated heterocycles. The normalized spacial score (nSPS) is 11.2. The highest BCUT2D eigenvalue weighted by Crippen LogP contribution is 2.44. The van der Waals surface area contributed by atoms with Crippen LogP contribution in [0.4, 0.5) is 17.1 Å². The maximum Gasteiger partial charge on any atom is 0.0562 e. The topological polar surface area (TPSA) is 8.17 Å². The second-order valence-corrected chi connectivity index (χ2v) is 11.5. The monoisotopic (exact) mass is 576 g/mol. The molecule has 1 heterocycles. The van der Waals surface area contributed by atoms with E-state index in [0.717, 1.165) is 22.7 Å². The van der Waals surface area contributed by atoms with Gasteiger partial charge in [-0.2, -0.15) is 0 Å². The van der Waals surface area contributed by atoms with Crippen LogP contribution in [-0.2, 0) is 0 Å². The molecule has 0 N–H and O–H groups in total. The second-order valence-electron chi connectivity index (χ2n) is 11.5. The van der Waals surface area contributed by atoms with Crippen molar-refractivity contribution >= 4 is 38.9 Å². The molecule has 0 atom stereocenters. The lowest BCUT2D eigenvalue weighted by Gasteiger charge is -2.27. The number of para-hydroxylation sites is 1. The Morgan fingerprint density at radius 1 is 0.400 bits per heavy atom. The Labute approximate surface area is 264 Å². The lowest BCUT2D eigenvalue weighted by molar-refractivity contribution is 1.17. The predicted octanol–water partition coefficient (Wildman–Crippen LogP) is 11.9. The Balaban J connectivity index is 1.35. The average Bonchev–Trinajstić information content (AvgIpc) is 3.45. The summed E-state index contributed by atoms with van der Waals surface area (Å²) in [4.78, 5) is 2.40. The van der Waals surface area contributed by atoms with Crippen LogP contribution in [0.1, 0.15) is 5.56 Å². The summed E-state index contributed by atoms with van der Waals surface area (Å²) in [5.41, 5.74) is 13.0. The number of hydrogen-bond acceptors (Lipinski definition) is 1. The fourth-order valence-electron chi connectivity index (χ4n) is 6.45. The molecule has 0 unspecified atom stereocenters. The number of hydrogen-bond donors (Lipinski definition) is 0. The van der Waals surface area contributed by atoms with Crippen LogP contribution in [0.3, 0.4) is 0 Å². The summed E-state index contributed by atoms with van der Waals surface area (Å²) in [6.07, 6.45) is 0. The molecule has 0 amide bonds. The lowest BCUT2D eigenvalue weighted by Crippen LogP contribution is -2.10. The molecule has 8 rings (SSSR count). The fraction of sp³-hybridized carbons (Fsp3) is 0.0233. The zero-order valence-electron chi connectivity index (χ0n) is 25.1. The summed E-state index contributed by atoms with van der Waals surface area (Å²) in [5.74, 6) is 0. The van der Waals surface area contributed by atoms with Gasteiger partial charge in [-0.15, -0.1) is 0 Å². The molecule has 0 saturated carbocycles. The maximum atomic E-state index is 2.40.